The fraction of sp³-hybridized carbons (Fsp3) is 0.267. The first-order chi connectivity index (χ1) is 9.10. The molecular formula is C15H17NO3. The number of hydrogen-bond acceptors (Lipinski definition) is 4. The molecule has 0 aliphatic carbocycles. The number of nitrogens with two attached hydrogens (primary N) is 1. The number of hydrogen-bond donors (Lipinski definition) is 2. The summed E-state index contributed by atoms with van der Waals surface area (Å²) in [5.41, 5.74) is 6.88. The average Bonchev–Trinajstić information content (AvgIpc) is 2.38. The van der Waals surface area contributed by atoms with Crippen molar-refractivity contribution in [3.8, 4) is 5.75 Å². The van der Waals surface area contributed by atoms with Gasteiger partial charge in [-0.05, 0) is 41.5 Å². The van der Waals surface area contributed by atoms with Crippen LogP contribution in [-0.4, -0.2) is 17.7 Å². The zero-order valence-corrected chi connectivity index (χ0v) is 10.8. The molecular weight excluding hydrogens is 242 g/mol. The van der Waals surface area contributed by atoms with Crippen molar-refractivity contribution in [2.24, 2.45) is 5.73 Å². The van der Waals surface area contributed by atoms with E-state index in [4.69, 9.17) is 10.5 Å². The number of rotatable bonds is 4. The zero-order valence-electron chi connectivity index (χ0n) is 10.8. The van der Waals surface area contributed by atoms with Crippen LogP contribution in [0.2, 0.25) is 0 Å². The second-order valence-electron chi connectivity index (χ2n) is 4.41. The summed E-state index contributed by atoms with van der Waals surface area (Å²) < 4.78 is 4.89. The van der Waals surface area contributed by atoms with Crippen molar-refractivity contribution in [2.75, 3.05) is 6.61 Å². The Kier molecular flexibility index (Phi) is 4.02. The molecule has 0 heterocycles. The first-order valence-corrected chi connectivity index (χ1v) is 6.24. The Labute approximate surface area is 111 Å². The van der Waals surface area contributed by atoms with Crippen LogP contribution < -0.4 is 5.73 Å². The van der Waals surface area contributed by atoms with Crippen molar-refractivity contribution in [3.63, 3.8) is 0 Å². The molecule has 2 aromatic rings. The van der Waals surface area contributed by atoms with Gasteiger partial charge < -0.3 is 15.6 Å². The quantitative estimate of drug-likeness (QED) is 0.827. The summed E-state index contributed by atoms with van der Waals surface area (Å²) in [5, 5.41) is 11.3. The maximum Gasteiger partial charge on any atom is 0.307 e. The molecule has 0 saturated heterocycles. The maximum absolute atomic E-state index is 11.4. The van der Waals surface area contributed by atoms with Gasteiger partial charge >= 0.3 is 5.97 Å². The summed E-state index contributed by atoms with van der Waals surface area (Å²) in [6, 6.07) is 10.4. The Balaban J connectivity index is 2.20. The number of phenols is 1. The summed E-state index contributed by atoms with van der Waals surface area (Å²) in [6.07, 6.45) is 0.164. The number of carbonyl (C=O) groups excluding carboxylic acids is 1. The second-order valence-corrected chi connectivity index (χ2v) is 4.41. The molecule has 0 aromatic heterocycles. The molecule has 0 fully saturated rings. The molecule has 4 heteroatoms. The number of esters is 1. The highest BCUT2D eigenvalue weighted by Crippen LogP contribution is 2.24. The van der Waals surface area contributed by atoms with Crippen LogP contribution in [0.1, 0.15) is 24.9 Å². The molecule has 0 bridgehead atoms. The minimum atomic E-state index is -0.378. The first-order valence-electron chi connectivity index (χ1n) is 6.24. The monoisotopic (exact) mass is 259 g/mol. The second kappa shape index (κ2) is 5.71. The van der Waals surface area contributed by atoms with Gasteiger partial charge in [-0.2, -0.15) is 0 Å². The van der Waals surface area contributed by atoms with Crippen molar-refractivity contribution < 1.29 is 14.6 Å². The topological polar surface area (TPSA) is 72.5 Å². The van der Waals surface area contributed by atoms with Crippen molar-refractivity contribution in [1.29, 1.82) is 0 Å². The normalized spacial score (nSPS) is 12.3. The highest BCUT2D eigenvalue weighted by atomic mass is 16.5. The van der Waals surface area contributed by atoms with Gasteiger partial charge in [0.2, 0.25) is 0 Å². The van der Waals surface area contributed by atoms with Gasteiger partial charge in [0.15, 0.2) is 0 Å². The van der Waals surface area contributed by atoms with Gasteiger partial charge in [0, 0.05) is 6.04 Å². The van der Waals surface area contributed by atoms with E-state index in [0.717, 1.165) is 16.3 Å². The van der Waals surface area contributed by atoms with E-state index in [1.54, 1.807) is 19.1 Å². The Morgan fingerprint density at radius 2 is 1.95 bits per heavy atom. The summed E-state index contributed by atoms with van der Waals surface area (Å²) in [5.74, 6) is -0.0584. The van der Waals surface area contributed by atoms with Gasteiger partial charge in [0.1, 0.15) is 5.75 Å². The predicted octanol–water partition coefficient (Wildman–Crippen LogP) is 2.50. The van der Waals surface area contributed by atoms with Gasteiger partial charge in [-0.15, -0.1) is 0 Å². The van der Waals surface area contributed by atoms with E-state index in [9.17, 15) is 9.90 Å². The Morgan fingerprint density at radius 1 is 1.26 bits per heavy atom. The highest BCUT2D eigenvalue weighted by molar-refractivity contribution is 5.84. The zero-order chi connectivity index (χ0) is 13.8. The van der Waals surface area contributed by atoms with Crippen molar-refractivity contribution >= 4 is 16.7 Å². The van der Waals surface area contributed by atoms with E-state index in [-0.39, 0.29) is 24.2 Å². The molecule has 3 N–H and O–H groups in total. The lowest BCUT2D eigenvalue weighted by atomic mass is 10.0. The summed E-state index contributed by atoms with van der Waals surface area (Å²) >= 11 is 0. The van der Waals surface area contributed by atoms with Crippen molar-refractivity contribution in [3.05, 3.63) is 42.0 Å². The molecule has 2 aromatic carbocycles. The lowest BCUT2D eigenvalue weighted by Crippen LogP contribution is -2.17. The van der Waals surface area contributed by atoms with E-state index in [1.165, 1.54) is 0 Å². The Hall–Kier alpha value is -2.07. The molecule has 4 nitrogen and oxygen atoms in total. The number of carbonyl (C=O) groups is 1. The molecule has 0 amide bonds. The van der Waals surface area contributed by atoms with Crippen molar-refractivity contribution in [2.45, 2.75) is 19.4 Å². The average molecular weight is 259 g/mol. The third-order valence-corrected chi connectivity index (χ3v) is 2.97. The van der Waals surface area contributed by atoms with Crippen LogP contribution in [0.3, 0.4) is 0 Å². The lowest BCUT2D eigenvalue weighted by Gasteiger charge is -2.12. The van der Waals surface area contributed by atoms with E-state index < -0.39 is 0 Å². The number of aromatic hydroxyl groups is 1. The Bertz CT molecular complexity index is 595. The van der Waals surface area contributed by atoms with Crippen LogP contribution in [0, 0.1) is 0 Å². The largest absolute Gasteiger partial charge is 0.508 e. The molecule has 0 radical (unpaired) electrons. The number of ether oxygens (including phenoxy) is 1. The first kappa shape index (κ1) is 13.4. The van der Waals surface area contributed by atoms with Crippen LogP contribution >= 0.6 is 0 Å². The van der Waals surface area contributed by atoms with E-state index >= 15 is 0 Å². The van der Waals surface area contributed by atoms with E-state index in [2.05, 4.69) is 0 Å². The van der Waals surface area contributed by atoms with Crippen LogP contribution in [-0.2, 0) is 9.53 Å². The van der Waals surface area contributed by atoms with Gasteiger partial charge in [-0.3, -0.25) is 4.79 Å². The molecule has 1 atom stereocenters. The molecule has 19 heavy (non-hydrogen) atoms. The van der Waals surface area contributed by atoms with Crippen LogP contribution in [0.5, 0.6) is 5.75 Å². The summed E-state index contributed by atoms with van der Waals surface area (Å²) in [6.45, 7) is 2.13. The van der Waals surface area contributed by atoms with Crippen LogP contribution in [0.25, 0.3) is 10.8 Å². The number of phenolic OH excluding ortho intramolecular Hbond substituents is 1. The van der Waals surface area contributed by atoms with Gasteiger partial charge in [-0.25, -0.2) is 0 Å². The van der Waals surface area contributed by atoms with E-state index in [0.29, 0.717) is 6.61 Å². The standard InChI is InChI=1S/C15H17NO3/c1-2-19-15(18)9-14(16)12-4-3-11-8-13(17)6-5-10(11)7-12/h3-8,14,17H,2,9,16H2,1H3/t14-/m0/s1. The fourth-order valence-electron chi connectivity index (χ4n) is 2.00. The minimum Gasteiger partial charge on any atom is -0.508 e. The van der Waals surface area contributed by atoms with Crippen LogP contribution in [0.15, 0.2) is 36.4 Å². The van der Waals surface area contributed by atoms with Crippen molar-refractivity contribution in [1.82, 2.24) is 0 Å². The number of fused-ring (bicyclic) bond motifs is 1. The Morgan fingerprint density at radius 3 is 2.68 bits per heavy atom. The third kappa shape index (κ3) is 3.23. The van der Waals surface area contributed by atoms with Gasteiger partial charge in [0.25, 0.3) is 0 Å². The minimum absolute atomic E-state index is 0.164. The summed E-state index contributed by atoms with van der Waals surface area (Å²) in [4.78, 5) is 11.4. The fourth-order valence-corrected chi connectivity index (χ4v) is 2.00. The highest BCUT2D eigenvalue weighted by Gasteiger charge is 2.12. The van der Waals surface area contributed by atoms with Gasteiger partial charge in [-0.1, -0.05) is 18.2 Å². The van der Waals surface area contributed by atoms with Gasteiger partial charge in [0.05, 0.1) is 13.0 Å². The van der Waals surface area contributed by atoms with Crippen LogP contribution in [0.4, 0.5) is 0 Å². The SMILES string of the molecule is CCOC(=O)C[C@H](N)c1ccc2cc(O)ccc2c1. The lowest BCUT2D eigenvalue weighted by molar-refractivity contribution is -0.143. The molecule has 2 rings (SSSR count). The molecule has 0 aliphatic rings. The summed E-state index contributed by atoms with van der Waals surface area (Å²) in [7, 11) is 0. The predicted molar refractivity (Wildman–Crippen MR) is 73.8 cm³/mol. The maximum atomic E-state index is 11.4. The van der Waals surface area contributed by atoms with E-state index in [1.807, 2.05) is 24.3 Å². The smallest absolute Gasteiger partial charge is 0.307 e. The molecule has 100 valence electrons. The molecule has 0 spiro atoms. The molecule has 0 unspecified atom stereocenters. The third-order valence-electron chi connectivity index (χ3n) is 2.97. The molecule has 0 aliphatic heterocycles. The molecule has 0 saturated carbocycles. The number of benzene rings is 2.